The molecule has 1 fully saturated rings. The van der Waals surface area contributed by atoms with Gasteiger partial charge >= 0.3 is 0 Å². The third-order valence-corrected chi connectivity index (χ3v) is 4.34. The molecule has 0 bridgehead atoms. The summed E-state index contributed by atoms with van der Waals surface area (Å²) in [6.07, 6.45) is 5.53. The van der Waals surface area contributed by atoms with E-state index in [9.17, 15) is 4.79 Å². The molecule has 0 aromatic heterocycles. The molecular formula is C17H32N4O2. The fourth-order valence-electron chi connectivity index (χ4n) is 2.76. The van der Waals surface area contributed by atoms with Gasteiger partial charge in [-0.3, -0.25) is 10.2 Å². The number of hydrogen-bond acceptors (Lipinski definition) is 5. The van der Waals surface area contributed by atoms with Crippen molar-refractivity contribution in [2.24, 2.45) is 0 Å². The van der Waals surface area contributed by atoms with Crippen molar-refractivity contribution in [1.29, 1.82) is 0 Å². The van der Waals surface area contributed by atoms with Crippen LogP contribution in [0.5, 0.6) is 0 Å². The molecule has 0 atom stereocenters. The van der Waals surface area contributed by atoms with E-state index >= 15 is 0 Å². The van der Waals surface area contributed by atoms with E-state index in [-0.39, 0.29) is 11.4 Å². The maximum Gasteiger partial charge on any atom is 0.283 e. The van der Waals surface area contributed by atoms with E-state index in [0.29, 0.717) is 13.2 Å². The van der Waals surface area contributed by atoms with E-state index in [1.165, 1.54) is 12.8 Å². The molecule has 0 radical (unpaired) electrons. The van der Waals surface area contributed by atoms with Gasteiger partial charge in [-0.2, -0.15) is 0 Å². The normalized spacial score (nSPS) is 19.9. The fourth-order valence-corrected chi connectivity index (χ4v) is 2.76. The lowest BCUT2D eigenvalue weighted by Crippen LogP contribution is -2.50. The third kappa shape index (κ3) is 5.11. The van der Waals surface area contributed by atoms with Crippen LogP contribution in [0.4, 0.5) is 0 Å². The lowest BCUT2D eigenvalue weighted by molar-refractivity contribution is -0.125. The van der Waals surface area contributed by atoms with Crippen molar-refractivity contribution in [2.75, 3.05) is 39.5 Å². The van der Waals surface area contributed by atoms with Crippen LogP contribution in [0.3, 0.4) is 0 Å². The second-order valence-electron chi connectivity index (χ2n) is 7.31. The van der Waals surface area contributed by atoms with Gasteiger partial charge in [0.15, 0.2) is 0 Å². The van der Waals surface area contributed by atoms with Gasteiger partial charge < -0.3 is 14.5 Å². The van der Waals surface area contributed by atoms with E-state index in [4.69, 9.17) is 4.74 Å². The van der Waals surface area contributed by atoms with Crippen LogP contribution < -0.4 is 5.43 Å². The van der Waals surface area contributed by atoms with Crippen LogP contribution in [0.25, 0.3) is 0 Å². The molecule has 1 amide bonds. The highest BCUT2D eigenvalue weighted by molar-refractivity contribution is 5.92. The van der Waals surface area contributed by atoms with Crippen LogP contribution in [-0.2, 0) is 9.53 Å². The first kappa shape index (κ1) is 18.1. The van der Waals surface area contributed by atoms with E-state index in [1.807, 2.05) is 11.2 Å². The van der Waals surface area contributed by atoms with Gasteiger partial charge in [-0.25, -0.2) is 5.01 Å². The number of ether oxygens (including phenoxy) is 1. The zero-order valence-corrected chi connectivity index (χ0v) is 15.1. The van der Waals surface area contributed by atoms with E-state index in [2.05, 4.69) is 42.9 Å². The molecule has 0 unspecified atom stereocenters. The molecule has 0 spiro atoms. The highest BCUT2D eigenvalue weighted by atomic mass is 16.5. The Labute approximate surface area is 140 Å². The highest BCUT2D eigenvalue weighted by Crippen LogP contribution is 2.24. The number of carbonyl (C=O) groups excluding carboxylic acids is 1. The number of hydrazine groups is 1. The summed E-state index contributed by atoms with van der Waals surface area (Å²) in [4.78, 5) is 17.1. The maximum absolute atomic E-state index is 12.7. The Morgan fingerprint density at radius 1 is 1.26 bits per heavy atom. The molecule has 0 saturated carbocycles. The number of morpholine rings is 1. The monoisotopic (exact) mass is 324 g/mol. The summed E-state index contributed by atoms with van der Waals surface area (Å²) in [5, 5.41) is 1.96. The van der Waals surface area contributed by atoms with Crippen LogP contribution >= 0.6 is 0 Å². The van der Waals surface area contributed by atoms with Crippen LogP contribution in [0, 0.1) is 0 Å². The summed E-state index contributed by atoms with van der Waals surface area (Å²) < 4.78 is 5.33. The van der Waals surface area contributed by atoms with E-state index in [0.717, 1.165) is 38.4 Å². The van der Waals surface area contributed by atoms with Gasteiger partial charge in [0.2, 0.25) is 0 Å². The van der Waals surface area contributed by atoms with Gasteiger partial charge in [0.1, 0.15) is 5.70 Å². The van der Waals surface area contributed by atoms with Crippen molar-refractivity contribution < 1.29 is 9.53 Å². The fraction of sp³-hybridized carbons (Fsp3) is 0.824. The predicted molar refractivity (Wildman–Crippen MR) is 91.3 cm³/mol. The Morgan fingerprint density at radius 2 is 1.96 bits per heavy atom. The molecule has 0 aromatic rings. The Bertz CT molecular complexity index is 425. The van der Waals surface area contributed by atoms with Gasteiger partial charge in [0.05, 0.1) is 19.9 Å². The molecular weight excluding hydrogens is 292 g/mol. The summed E-state index contributed by atoms with van der Waals surface area (Å²) in [5.41, 5.74) is 3.83. The lowest BCUT2D eigenvalue weighted by Gasteiger charge is -2.33. The predicted octanol–water partition coefficient (Wildman–Crippen LogP) is 1.76. The molecule has 0 aromatic carbocycles. The molecule has 2 aliphatic heterocycles. The molecule has 2 aliphatic rings. The molecule has 1 saturated heterocycles. The average molecular weight is 324 g/mol. The minimum absolute atomic E-state index is 0.00449. The minimum atomic E-state index is -0.00449. The van der Waals surface area contributed by atoms with Crippen LogP contribution in [0.15, 0.2) is 11.9 Å². The quantitative estimate of drug-likeness (QED) is 0.755. The first-order valence-corrected chi connectivity index (χ1v) is 8.79. The number of amides is 1. The smallest absolute Gasteiger partial charge is 0.283 e. The van der Waals surface area contributed by atoms with Gasteiger partial charge in [-0.1, -0.05) is 19.8 Å². The second-order valence-corrected chi connectivity index (χ2v) is 7.31. The molecule has 132 valence electrons. The SMILES string of the molecule is CCCCCN1CN(C(C)(C)C)C=C1C(=O)NN1CCOCC1. The summed E-state index contributed by atoms with van der Waals surface area (Å²) in [6.45, 7) is 13.3. The molecule has 1 N–H and O–H groups in total. The summed E-state index contributed by atoms with van der Waals surface area (Å²) in [6, 6.07) is 0. The number of nitrogens with zero attached hydrogens (tertiary/aromatic N) is 3. The standard InChI is InChI=1S/C17H32N4O2/c1-5-6-7-8-19-14-20(17(2,3)4)13-15(19)16(22)18-21-9-11-23-12-10-21/h13H,5-12,14H2,1-4H3,(H,18,22). The molecule has 2 heterocycles. The van der Waals surface area contributed by atoms with Crippen LogP contribution in [0.1, 0.15) is 47.0 Å². The van der Waals surface area contributed by atoms with Crippen molar-refractivity contribution in [3.8, 4) is 0 Å². The Balaban J connectivity index is 2.01. The number of carbonyl (C=O) groups is 1. The Hall–Kier alpha value is -1.27. The largest absolute Gasteiger partial charge is 0.379 e. The van der Waals surface area contributed by atoms with Crippen molar-refractivity contribution in [3.63, 3.8) is 0 Å². The zero-order chi connectivity index (χ0) is 16.9. The number of unbranched alkanes of at least 4 members (excludes halogenated alkanes) is 2. The summed E-state index contributed by atoms with van der Waals surface area (Å²) in [5.74, 6) is -0.00449. The average Bonchev–Trinajstić information content (AvgIpc) is 2.93. The topological polar surface area (TPSA) is 48.0 Å². The number of rotatable bonds is 6. The van der Waals surface area contributed by atoms with E-state index in [1.54, 1.807) is 0 Å². The first-order chi connectivity index (χ1) is 10.9. The highest BCUT2D eigenvalue weighted by Gasteiger charge is 2.32. The first-order valence-electron chi connectivity index (χ1n) is 8.79. The van der Waals surface area contributed by atoms with Crippen molar-refractivity contribution in [2.45, 2.75) is 52.5 Å². The second kappa shape index (κ2) is 8.02. The Kier molecular flexibility index (Phi) is 6.30. The van der Waals surface area contributed by atoms with Crippen molar-refractivity contribution in [3.05, 3.63) is 11.9 Å². The molecule has 6 nitrogen and oxygen atoms in total. The third-order valence-electron chi connectivity index (χ3n) is 4.34. The minimum Gasteiger partial charge on any atom is -0.379 e. The molecule has 6 heteroatoms. The van der Waals surface area contributed by atoms with Gasteiger partial charge in [0, 0.05) is 31.4 Å². The van der Waals surface area contributed by atoms with Crippen LogP contribution in [0.2, 0.25) is 0 Å². The van der Waals surface area contributed by atoms with Gasteiger partial charge in [-0.15, -0.1) is 0 Å². The summed E-state index contributed by atoms with van der Waals surface area (Å²) in [7, 11) is 0. The van der Waals surface area contributed by atoms with E-state index < -0.39 is 0 Å². The molecule has 23 heavy (non-hydrogen) atoms. The van der Waals surface area contributed by atoms with Crippen molar-refractivity contribution in [1.82, 2.24) is 20.2 Å². The van der Waals surface area contributed by atoms with Gasteiger partial charge in [-0.05, 0) is 27.2 Å². The molecule has 0 aliphatic carbocycles. The Morgan fingerprint density at radius 3 is 2.57 bits per heavy atom. The summed E-state index contributed by atoms with van der Waals surface area (Å²) >= 11 is 0. The lowest BCUT2D eigenvalue weighted by atomic mass is 10.1. The molecule has 2 rings (SSSR count). The zero-order valence-electron chi connectivity index (χ0n) is 15.1. The van der Waals surface area contributed by atoms with Crippen molar-refractivity contribution >= 4 is 5.91 Å². The van der Waals surface area contributed by atoms with Crippen LogP contribution in [-0.4, -0.2) is 65.8 Å². The maximum atomic E-state index is 12.7. The van der Waals surface area contributed by atoms with Gasteiger partial charge in [0.25, 0.3) is 5.91 Å². The number of nitrogens with one attached hydrogen (secondary N) is 1. The number of hydrogen-bond donors (Lipinski definition) is 1.